The molecule has 1 fully saturated rings. The number of hydrogen-bond acceptors (Lipinski definition) is 5. The molecule has 0 amide bonds. The first-order valence-corrected chi connectivity index (χ1v) is 9.84. The summed E-state index contributed by atoms with van der Waals surface area (Å²) in [5, 5.41) is 7.69. The fourth-order valence-electron chi connectivity index (χ4n) is 3.77. The first kappa shape index (κ1) is 19.2. The number of rotatable bonds is 4. The van der Waals surface area contributed by atoms with E-state index >= 15 is 0 Å². The molecule has 1 aromatic heterocycles. The third-order valence-corrected chi connectivity index (χ3v) is 5.59. The minimum absolute atomic E-state index is 0.347. The summed E-state index contributed by atoms with van der Waals surface area (Å²) in [7, 11) is 3.55. The van der Waals surface area contributed by atoms with Crippen LogP contribution in [0.25, 0.3) is 22.5 Å². The molecule has 1 N–H and O–H groups in total. The summed E-state index contributed by atoms with van der Waals surface area (Å²) in [6, 6.07) is 16.0. The van der Waals surface area contributed by atoms with Crippen molar-refractivity contribution in [3.63, 3.8) is 0 Å². The predicted octanol–water partition coefficient (Wildman–Crippen LogP) is 3.59. The van der Waals surface area contributed by atoms with Gasteiger partial charge in [-0.25, -0.2) is 4.79 Å². The molecule has 0 aliphatic carbocycles. The van der Waals surface area contributed by atoms with Crippen LogP contribution in [0, 0.1) is 6.92 Å². The highest BCUT2D eigenvalue weighted by atomic mass is 16.5. The molecule has 0 saturated carbocycles. The molecule has 2 heterocycles. The number of methoxy groups -OCH3 is 1. The first-order valence-electron chi connectivity index (χ1n) is 9.84. The normalized spacial score (nSPS) is 14.8. The second-order valence-electron chi connectivity index (χ2n) is 7.48. The van der Waals surface area contributed by atoms with Crippen molar-refractivity contribution in [1.29, 1.82) is 0 Å². The minimum Gasteiger partial charge on any atom is -0.465 e. The Hall–Kier alpha value is -3.12. The molecule has 6 heteroatoms. The summed E-state index contributed by atoms with van der Waals surface area (Å²) >= 11 is 0. The highest BCUT2D eigenvalue weighted by Gasteiger charge is 2.16. The zero-order valence-electron chi connectivity index (χ0n) is 17.1. The predicted molar refractivity (Wildman–Crippen MR) is 115 cm³/mol. The number of aromatic nitrogens is 2. The average molecular weight is 390 g/mol. The van der Waals surface area contributed by atoms with Crippen molar-refractivity contribution >= 4 is 11.7 Å². The van der Waals surface area contributed by atoms with Gasteiger partial charge in [0.1, 0.15) is 0 Å². The van der Waals surface area contributed by atoms with Crippen molar-refractivity contribution < 1.29 is 9.53 Å². The number of likely N-dealkylation sites (N-methyl/N-ethyl adjacent to an activating group) is 1. The van der Waals surface area contributed by atoms with Crippen molar-refractivity contribution in [2.45, 2.75) is 6.92 Å². The van der Waals surface area contributed by atoms with Gasteiger partial charge in [-0.3, -0.25) is 5.10 Å². The quantitative estimate of drug-likeness (QED) is 0.690. The van der Waals surface area contributed by atoms with Gasteiger partial charge < -0.3 is 14.5 Å². The van der Waals surface area contributed by atoms with E-state index in [0.29, 0.717) is 5.56 Å². The van der Waals surface area contributed by atoms with E-state index in [2.05, 4.69) is 51.3 Å². The highest BCUT2D eigenvalue weighted by molar-refractivity contribution is 5.91. The van der Waals surface area contributed by atoms with Crippen LogP contribution in [0.2, 0.25) is 0 Å². The maximum absolute atomic E-state index is 11.8. The molecule has 4 rings (SSSR count). The van der Waals surface area contributed by atoms with Gasteiger partial charge in [0.05, 0.1) is 24.1 Å². The molecule has 0 bridgehead atoms. The summed E-state index contributed by atoms with van der Waals surface area (Å²) in [5.74, 6) is -0.347. The Bertz CT molecular complexity index is 1000. The Morgan fingerprint density at radius 2 is 1.76 bits per heavy atom. The van der Waals surface area contributed by atoms with Crippen molar-refractivity contribution in [2.75, 3.05) is 45.2 Å². The standard InChI is InChI=1S/C23H26N4O2/c1-16-21(17-7-9-20(10-8-17)27-13-11-26(2)12-14-27)24-25-22(16)18-5-4-6-19(15-18)23(28)29-3/h4-10,15H,11-14H2,1-3H3,(H,24,25). The molecule has 3 aromatic rings. The SMILES string of the molecule is COC(=O)c1cccc(-c2n[nH]c(-c3ccc(N4CCN(C)CC4)cc3)c2C)c1. The van der Waals surface area contributed by atoms with Crippen LogP contribution in [-0.2, 0) is 4.74 Å². The van der Waals surface area contributed by atoms with Crippen LogP contribution >= 0.6 is 0 Å². The molecular weight excluding hydrogens is 364 g/mol. The number of piperazine rings is 1. The summed E-state index contributed by atoms with van der Waals surface area (Å²) < 4.78 is 4.83. The van der Waals surface area contributed by atoms with Crippen LogP contribution in [0.3, 0.4) is 0 Å². The summed E-state index contributed by atoms with van der Waals surface area (Å²) in [4.78, 5) is 16.6. The molecule has 0 unspecified atom stereocenters. The Morgan fingerprint density at radius 3 is 2.45 bits per heavy atom. The number of carbonyl (C=O) groups excluding carboxylic acids is 1. The van der Waals surface area contributed by atoms with Gasteiger partial charge in [-0.1, -0.05) is 24.3 Å². The lowest BCUT2D eigenvalue weighted by molar-refractivity contribution is 0.0601. The maximum atomic E-state index is 11.8. The van der Waals surface area contributed by atoms with Crippen molar-refractivity contribution in [3.8, 4) is 22.5 Å². The van der Waals surface area contributed by atoms with Gasteiger partial charge >= 0.3 is 5.97 Å². The smallest absolute Gasteiger partial charge is 0.337 e. The fourth-order valence-corrected chi connectivity index (χ4v) is 3.77. The van der Waals surface area contributed by atoms with Crippen molar-refractivity contribution in [1.82, 2.24) is 15.1 Å². The number of nitrogens with zero attached hydrogens (tertiary/aromatic N) is 3. The van der Waals surface area contributed by atoms with E-state index in [1.54, 1.807) is 6.07 Å². The monoisotopic (exact) mass is 390 g/mol. The molecule has 29 heavy (non-hydrogen) atoms. The molecule has 1 aliphatic rings. The van der Waals surface area contributed by atoms with Gasteiger partial charge in [0.2, 0.25) is 0 Å². The number of H-pyrrole nitrogens is 1. The Morgan fingerprint density at radius 1 is 1.03 bits per heavy atom. The molecule has 150 valence electrons. The molecule has 0 radical (unpaired) electrons. The molecule has 6 nitrogen and oxygen atoms in total. The molecule has 2 aromatic carbocycles. The molecule has 1 saturated heterocycles. The molecule has 1 aliphatic heterocycles. The molecular formula is C23H26N4O2. The van der Waals surface area contributed by atoms with Crippen LogP contribution in [0.5, 0.6) is 0 Å². The number of aromatic amines is 1. The highest BCUT2D eigenvalue weighted by Crippen LogP contribution is 2.31. The van der Waals surface area contributed by atoms with E-state index < -0.39 is 0 Å². The number of benzene rings is 2. The van der Waals surface area contributed by atoms with Crippen LogP contribution in [0.15, 0.2) is 48.5 Å². The molecule has 0 spiro atoms. The second kappa shape index (κ2) is 8.09. The topological polar surface area (TPSA) is 61.5 Å². The third-order valence-electron chi connectivity index (χ3n) is 5.59. The lowest BCUT2D eigenvalue weighted by atomic mass is 10.0. The summed E-state index contributed by atoms with van der Waals surface area (Å²) in [5.41, 5.74) is 6.65. The largest absolute Gasteiger partial charge is 0.465 e. The van der Waals surface area contributed by atoms with E-state index in [4.69, 9.17) is 4.74 Å². The Kier molecular flexibility index (Phi) is 5.36. The number of nitrogens with one attached hydrogen (secondary N) is 1. The minimum atomic E-state index is -0.347. The number of ether oxygens (including phenoxy) is 1. The third kappa shape index (κ3) is 3.89. The van der Waals surface area contributed by atoms with Gasteiger partial charge in [0.25, 0.3) is 0 Å². The van der Waals surface area contributed by atoms with Gasteiger partial charge in [-0.15, -0.1) is 0 Å². The zero-order chi connectivity index (χ0) is 20.4. The number of hydrogen-bond donors (Lipinski definition) is 1. The zero-order valence-corrected chi connectivity index (χ0v) is 17.1. The van der Waals surface area contributed by atoms with E-state index in [0.717, 1.165) is 54.3 Å². The van der Waals surface area contributed by atoms with Crippen molar-refractivity contribution in [3.05, 3.63) is 59.7 Å². The lowest BCUT2D eigenvalue weighted by Crippen LogP contribution is -2.44. The van der Waals surface area contributed by atoms with E-state index in [-0.39, 0.29) is 5.97 Å². The lowest BCUT2D eigenvalue weighted by Gasteiger charge is -2.34. The van der Waals surface area contributed by atoms with E-state index in [1.807, 2.05) is 25.1 Å². The van der Waals surface area contributed by atoms with Crippen LogP contribution in [0.1, 0.15) is 15.9 Å². The number of carbonyl (C=O) groups is 1. The summed E-state index contributed by atoms with van der Waals surface area (Å²) in [6.07, 6.45) is 0. The second-order valence-corrected chi connectivity index (χ2v) is 7.48. The van der Waals surface area contributed by atoms with Crippen molar-refractivity contribution in [2.24, 2.45) is 0 Å². The van der Waals surface area contributed by atoms with E-state index in [1.165, 1.54) is 12.8 Å². The average Bonchev–Trinajstić information content (AvgIpc) is 3.15. The van der Waals surface area contributed by atoms with Crippen LogP contribution in [0.4, 0.5) is 5.69 Å². The van der Waals surface area contributed by atoms with Gasteiger partial charge in [-0.2, -0.15) is 5.10 Å². The van der Waals surface area contributed by atoms with Gasteiger partial charge in [0, 0.05) is 43.0 Å². The number of esters is 1. The van der Waals surface area contributed by atoms with Crippen LogP contribution in [-0.4, -0.2) is 61.4 Å². The fraction of sp³-hybridized carbons (Fsp3) is 0.304. The van der Waals surface area contributed by atoms with Gasteiger partial charge in [-0.05, 0) is 43.8 Å². The van der Waals surface area contributed by atoms with Crippen LogP contribution < -0.4 is 4.90 Å². The first-order chi connectivity index (χ1) is 14.1. The Balaban J connectivity index is 1.58. The molecule has 0 atom stereocenters. The van der Waals surface area contributed by atoms with Gasteiger partial charge in [0.15, 0.2) is 0 Å². The van der Waals surface area contributed by atoms with E-state index in [9.17, 15) is 4.79 Å². The maximum Gasteiger partial charge on any atom is 0.337 e. The number of anilines is 1. The Labute approximate surface area is 171 Å². The summed E-state index contributed by atoms with van der Waals surface area (Å²) in [6.45, 7) is 6.34.